The topological polar surface area (TPSA) is 19.9 Å². The summed E-state index contributed by atoms with van der Waals surface area (Å²) in [6, 6.07) is 0. The van der Waals surface area contributed by atoms with Crippen LogP contribution in [0.15, 0.2) is 0 Å². The summed E-state index contributed by atoms with van der Waals surface area (Å²) in [5.74, 6) is 0.451. The summed E-state index contributed by atoms with van der Waals surface area (Å²) in [7, 11) is 0. The number of rotatable bonds is 7. The number of hydrogen-bond donors (Lipinski definition) is 0. The highest BCUT2D eigenvalue weighted by molar-refractivity contribution is 4.54. The molecule has 0 saturated carbocycles. The summed E-state index contributed by atoms with van der Waals surface area (Å²) < 4.78 is 0. The fraction of sp³-hybridized carbons (Fsp3) is 1.00. The highest BCUT2D eigenvalue weighted by Gasteiger charge is 2.03. The highest BCUT2D eigenvalue weighted by Crippen LogP contribution is 2.13. The zero-order valence-corrected chi connectivity index (χ0v) is 7.94. The third-order valence-electron chi connectivity index (χ3n) is 2.28. The fourth-order valence-corrected chi connectivity index (χ4v) is 1.27. The number of unbranched alkanes of at least 4 members (excludes halogenated alkanes) is 3. The standard InChI is InChI=1S/C10H21O/c1-3-5-6-7-8-10(4-2)9-11/h10H,3-9H2,1-2H3. The minimum atomic E-state index is 0.128. The van der Waals surface area contributed by atoms with E-state index < -0.39 is 0 Å². The van der Waals surface area contributed by atoms with Crippen molar-refractivity contribution in [2.45, 2.75) is 52.4 Å². The first-order valence-electron chi connectivity index (χ1n) is 4.93. The van der Waals surface area contributed by atoms with Crippen molar-refractivity contribution in [3.8, 4) is 0 Å². The first kappa shape index (κ1) is 11.0. The average molecular weight is 157 g/mol. The summed E-state index contributed by atoms with van der Waals surface area (Å²) in [5, 5.41) is 10.5. The van der Waals surface area contributed by atoms with Gasteiger partial charge in [0, 0.05) is 0 Å². The van der Waals surface area contributed by atoms with Gasteiger partial charge in [-0.3, -0.25) is 0 Å². The summed E-state index contributed by atoms with van der Waals surface area (Å²) in [6.45, 7) is 4.45. The minimum absolute atomic E-state index is 0.128. The molecule has 0 aliphatic heterocycles. The molecule has 0 N–H and O–H groups in total. The summed E-state index contributed by atoms with van der Waals surface area (Å²) in [6.07, 6.45) is 7.40. The SMILES string of the molecule is CCCCCCC(CC)C[O]. The van der Waals surface area contributed by atoms with E-state index in [2.05, 4.69) is 13.8 Å². The van der Waals surface area contributed by atoms with Gasteiger partial charge in [-0.15, -0.1) is 0 Å². The normalized spacial score (nSPS) is 13.4. The van der Waals surface area contributed by atoms with E-state index in [0.717, 1.165) is 12.8 Å². The van der Waals surface area contributed by atoms with E-state index in [-0.39, 0.29) is 6.61 Å². The van der Waals surface area contributed by atoms with Gasteiger partial charge < -0.3 is 0 Å². The molecule has 0 aromatic rings. The van der Waals surface area contributed by atoms with E-state index in [1.54, 1.807) is 0 Å². The Kier molecular flexibility index (Phi) is 8.03. The lowest BCUT2D eigenvalue weighted by atomic mass is 9.99. The van der Waals surface area contributed by atoms with Gasteiger partial charge in [0.05, 0.1) is 6.61 Å². The molecular weight excluding hydrogens is 136 g/mol. The lowest BCUT2D eigenvalue weighted by molar-refractivity contribution is 0.135. The molecule has 0 fully saturated rings. The van der Waals surface area contributed by atoms with E-state index >= 15 is 0 Å². The fourth-order valence-electron chi connectivity index (χ4n) is 1.27. The van der Waals surface area contributed by atoms with Gasteiger partial charge >= 0.3 is 0 Å². The third-order valence-corrected chi connectivity index (χ3v) is 2.28. The van der Waals surface area contributed by atoms with E-state index in [1.807, 2.05) is 0 Å². The Labute approximate surface area is 70.8 Å². The average Bonchev–Trinajstić information content (AvgIpc) is 2.05. The van der Waals surface area contributed by atoms with Gasteiger partial charge in [-0.25, -0.2) is 5.11 Å². The molecule has 0 rings (SSSR count). The van der Waals surface area contributed by atoms with Crippen LogP contribution < -0.4 is 0 Å². The van der Waals surface area contributed by atoms with Crippen LogP contribution in [-0.4, -0.2) is 6.61 Å². The molecule has 1 nitrogen and oxygen atoms in total. The van der Waals surface area contributed by atoms with Crippen LogP contribution in [0.2, 0.25) is 0 Å². The first-order valence-corrected chi connectivity index (χ1v) is 4.93. The van der Waals surface area contributed by atoms with Crippen LogP contribution in [0.4, 0.5) is 0 Å². The Balaban J connectivity index is 3.07. The Morgan fingerprint density at radius 1 is 1.09 bits per heavy atom. The van der Waals surface area contributed by atoms with Crippen molar-refractivity contribution in [3.05, 3.63) is 0 Å². The Morgan fingerprint density at radius 3 is 2.27 bits per heavy atom. The molecule has 1 radical (unpaired) electrons. The maximum Gasteiger partial charge on any atom is 0.0850 e. The largest absolute Gasteiger partial charge is 0.236 e. The van der Waals surface area contributed by atoms with E-state index in [9.17, 15) is 5.11 Å². The van der Waals surface area contributed by atoms with Gasteiger partial charge in [0.1, 0.15) is 0 Å². The van der Waals surface area contributed by atoms with Crippen LogP contribution in [0.5, 0.6) is 0 Å². The van der Waals surface area contributed by atoms with E-state index in [0.29, 0.717) is 5.92 Å². The molecular formula is C10H21O. The van der Waals surface area contributed by atoms with Crippen molar-refractivity contribution < 1.29 is 5.11 Å². The molecule has 0 saturated heterocycles. The van der Waals surface area contributed by atoms with Crippen molar-refractivity contribution in [1.29, 1.82) is 0 Å². The second-order valence-corrected chi connectivity index (χ2v) is 3.29. The van der Waals surface area contributed by atoms with Crippen molar-refractivity contribution in [3.63, 3.8) is 0 Å². The molecule has 0 spiro atoms. The van der Waals surface area contributed by atoms with Gasteiger partial charge in [0.25, 0.3) is 0 Å². The van der Waals surface area contributed by atoms with Gasteiger partial charge in [-0.2, -0.15) is 0 Å². The summed E-state index contributed by atoms with van der Waals surface area (Å²) >= 11 is 0. The predicted molar refractivity (Wildman–Crippen MR) is 48.1 cm³/mol. The van der Waals surface area contributed by atoms with Crippen molar-refractivity contribution in [2.24, 2.45) is 5.92 Å². The van der Waals surface area contributed by atoms with Gasteiger partial charge in [0.15, 0.2) is 0 Å². The summed E-state index contributed by atoms with van der Waals surface area (Å²) in [5.41, 5.74) is 0. The van der Waals surface area contributed by atoms with Crippen molar-refractivity contribution >= 4 is 0 Å². The van der Waals surface area contributed by atoms with Crippen LogP contribution in [0.1, 0.15) is 52.4 Å². The second kappa shape index (κ2) is 8.06. The van der Waals surface area contributed by atoms with Crippen LogP contribution in [-0.2, 0) is 5.11 Å². The molecule has 0 aliphatic rings. The number of hydrogen-bond acceptors (Lipinski definition) is 0. The summed E-state index contributed by atoms with van der Waals surface area (Å²) in [4.78, 5) is 0. The maximum absolute atomic E-state index is 10.5. The molecule has 0 bridgehead atoms. The van der Waals surface area contributed by atoms with E-state index in [4.69, 9.17) is 0 Å². The monoisotopic (exact) mass is 157 g/mol. The molecule has 67 valence electrons. The minimum Gasteiger partial charge on any atom is -0.236 e. The molecule has 0 heterocycles. The molecule has 0 amide bonds. The van der Waals surface area contributed by atoms with Crippen LogP contribution in [0.3, 0.4) is 0 Å². The van der Waals surface area contributed by atoms with Gasteiger partial charge in [0.2, 0.25) is 0 Å². The van der Waals surface area contributed by atoms with Crippen molar-refractivity contribution in [1.82, 2.24) is 0 Å². The Morgan fingerprint density at radius 2 is 1.82 bits per heavy atom. The Hall–Kier alpha value is -0.0400. The molecule has 0 aromatic carbocycles. The zero-order valence-electron chi connectivity index (χ0n) is 7.94. The lowest BCUT2D eigenvalue weighted by Gasteiger charge is -2.08. The van der Waals surface area contributed by atoms with E-state index in [1.165, 1.54) is 25.7 Å². The molecule has 1 unspecified atom stereocenters. The van der Waals surface area contributed by atoms with Crippen LogP contribution in [0.25, 0.3) is 0 Å². The molecule has 11 heavy (non-hydrogen) atoms. The molecule has 1 atom stereocenters. The predicted octanol–water partition coefficient (Wildman–Crippen LogP) is 3.41. The lowest BCUT2D eigenvalue weighted by Crippen LogP contribution is -2.02. The highest BCUT2D eigenvalue weighted by atomic mass is 16.3. The first-order chi connectivity index (χ1) is 5.35. The van der Waals surface area contributed by atoms with Crippen LogP contribution in [0, 0.1) is 5.92 Å². The van der Waals surface area contributed by atoms with Crippen molar-refractivity contribution in [2.75, 3.05) is 6.61 Å². The molecule has 0 aliphatic carbocycles. The second-order valence-electron chi connectivity index (χ2n) is 3.29. The zero-order chi connectivity index (χ0) is 8.53. The maximum atomic E-state index is 10.5. The van der Waals surface area contributed by atoms with Gasteiger partial charge in [-0.1, -0.05) is 46.0 Å². The van der Waals surface area contributed by atoms with Crippen LogP contribution >= 0.6 is 0 Å². The smallest absolute Gasteiger partial charge is 0.0850 e. The Bertz CT molecular complexity index is 67.3. The molecule has 1 heteroatoms. The third kappa shape index (κ3) is 6.36. The molecule has 0 aromatic heterocycles. The quantitative estimate of drug-likeness (QED) is 0.505. The van der Waals surface area contributed by atoms with Gasteiger partial charge in [-0.05, 0) is 12.3 Å².